The first-order valence-electron chi connectivity index (χ1n) is 6.03. The van der Waals surface area contributed by atoms with Crippen LogP contribution in [0.2, 0.25) is 0 Å². The summed E-state index contributed by atoms with van der Waals surface area (Å²) in [7, 11) is -1.88. The van der Waals surface area contributed by atoms with Gasteiger partial charge in [-0.25, -0.2) is 13.1 Å². The SMILES string of the molecule is CNCCCNS(=O)(=O)Cc1cccc(C(F)(F)F)c1. The molecule has 0 unspecified atom stereocenters. The number of hydrogen-bond donors (Lipinski definition) is 2. The van der Waals surface area contributed by atoms with Gasteiger partial charge in [0.25, 0.3) is 0 Å². The summed E-state index contributed by atoms with van der Waals surface area (Å²) in [5, 5.41) is 2.87. The number of hydrogen-bond acceptors (Lipinski definition) is 3. The van der Waals surface area contributed by atoms with Gasteiger partial charge in [0.05, 0.1) is 11.3 Å². The predicted molar refractivity (Wildman–Crippen MR) is 70.6 cm³/mol. The Morgan fingerprint density at radius 3 is 2.50 bits per heavy atom. The zero-order valence-corrected chi connectivity index (χ0v) is 11.8. The average molecular weight is 310 g/mol. The Hall–Kier alpha value is -1.12. The molecular weight excluding hydrogens is 293 g/mol. The van der Waals surface area contributed by atoms with Gasteiger partial charge in [-0.3, -0.25) is 0 Å². The maximum absolute atomic E-state index is 12.5. The van der Waals surface area contributed by atoms with Crippen molar-refractivity contribution in [3.8, 4) is 0 Å². The molecule has 2 N–H and O–H groups in total. The minimum Gasteiger partial charge on any atom is -0.320 e. The summed E-state index contributed by atoms with van der Waals surface area (Å²) in [6.07, 6.45) is -3.86. The number of alkyl halides is 3. The van der Waals surface area contributed by atoms with Gasteiger partial charge in [0.1, 0.15) is 0 Å². The molecular formula is C12H17F3N2O2S. The van der Waals surface area contributed by atoms with Gasteiger partial charge in [-0.2, -0.15) is 13.2 Å². The van der Waals surface area contributed by atoms with Gasteiger partial charge in [0.2, 0.25) is 10.0 Å². The van der Waals surface area contributed by atoms with E-state index in [-0.39, 0.29) is 12.1 Å². The Morgan fingerprint density at radius 2 is 1.90 bits per heavy atom. The van der Waals surface area contributed by atoms with Crippen molar-refractivity contribution in [2.45, 2.75) is 18.3 Å². The molecule has 0 aliphatic carbocycles. The number of halogens is 3. The van der Waals surface area contributed by atoms with E-state index >= 15 is 0 Å². The Balaban J connectivity index is 2.68. The molecule has 0 amide bonds. The molecule has 114 valence electrons. The van der Waals surface area contributed by atoms with E-state index in [9.17, 15) is 21.6 Å². The van der Waals surface area contributed by atoms with Crippen LogP contribution in [-0.2, 0) is 22.0 Å². The van der Waals surface area contributed by atoms with Crippen LogP contribution in [0.5, 0.6) is 0 Å². The summed E-state index contributed by atoms with van der Waals surface area (Å²) in [5.41, 5.74) is -0.735. The lowest BCUT2D eigenvalue weighted by atomic mass is 10.1. The number of sulfonamides is 1. The van der Waals surface area contributed by atoms with Gasteiger partial charge >= 0.3 is 6.18 Å². The molecule has 4 nitrogen and oxygen atoms in total. The monoisotopic (exact) mass is 310 g/mol. The van der Waals surface area contributed by atoms with Crippen molar-refractivity contribution in [1.29, 1.82) is 0 Å². The molecule has 8 heteroatoms. The van der Waals surface area contributed by atoms with Crippen LogP contribution in [0.25, 0.3) is 0 Å². The van der Waals surface area contributed by atoms with E-state index in [1.165, 1.54) is 12.1 Å². The van der Waals surface area contributed by atoms with Crippen LogP contribution in [0.4, 0.5) is 13.2 Å². The Kier molecular flexibility index (Phi) is 5.97. The molecule has 0 heterocycles. The minimum atomic E-state index is -4.47. The van der Waals surface area contributed by atoms with Crippen LogP contribution in [0.15, 0.2) is 24.3 Å². The third kappa shape index (κ3) is 5.89. The quantitative estimate of drug-likeness (QED) is 0.754. The van der Waals surface area contributed by atoms with Gasteiger partial charge in [0.15, 0.2) is 0 Å². The smallest absolute Gasteiger partial charge is 0.320 e. The van der Waals surface area contributed by atoms with E-state index < -0.39 is 27.5 Å². The lowest BCUT2D eigenvalue weighted by Crippen LogP contribution is -2.28. The highest BCUT2D eigenvalue weighted by Gasteiger charge is 2.30. The first-order valence-corrected chi connectivity index (χ1v) is 7.68. The molecule has 20 heavy (non-hydrogen) atoms. The van der Waals surface area contributed by atoms with Gasteiger partial charge in [-0.05, 0) is 31.6 Å². The highest BCUT2D eigenvalue weighted by atomic mass is 32.2. The van der Waals surface area contributed by atoms with Crippen LogP contribution in [0.1, 0.15) is 17.5 Å². The Labute approximate surface area is 116 Å². The van der Waals surface area contributed by atoms with Gasteiger partial charge in [0, 0.05) is 6.54 Å². The van der Waals surface area contributed by atoms with Crippen molar-refractivity contribution in [3.63, 3.8) is 0 Å². The van der Waals surface area contributed by atoms with Gasteiger partial charge in [-0.15, -0.1) is 0 Å². The summed E-state index contributed by atoms with van der Waals surface area (Å²) >= 11 is 0. The number of rotatable bonds is 7. The van der Waals surface area contributed by atoms with Crippen LogP contribution >= 0.6 is 0 Å². The first-order chi connectivity index (χ1) is 9.24. The molecule has 0 atom stereocenters. The van der Waals surface area contributed by atoms with Crippen molar-refractivity contribution in [2.24, 2.45) is 0 Å². The van der Waals surface area contributed by atoms with Gasteiger partial charge in [-0.1, -0.05) is 18.2 Å². The fraction of sp³-hybridized carbons (Fsp3) is 0.500. The van der Waals surface area contributed by atoms with E-state index in [1.807, 2.05) is 0 Å². The second-order valence-electron chi connectivity index (χ2n) is 4.31. The topological polar surface area (TPSA) is 58.2 Å². The van der Waals surface area contributed by atoms with E-state index in [0.29, 0.717) is 13.0 Å². The highest BCUT2D eigenvalue weighted by molar-refractivity contribution is 7.88. The summed E-state index contributed by atoms with van der Waals surface area (Å²) in [5.74, 6) is -0.462. The Bertz CT molecular complexity index is 530. The van der Waals surface area contributed by atoms with E-state index in [4.69, 9.17) is 0 Å². The first kappa shape index (κ1) is 16.9. The molecule has 0 aromatic heterocycles. The zero-order valence-electron chi connectivity index (χ0n) is 11.0. The van der Waals surface area contributed by atoms with Crippen molar-refractivity contribution >= 4 is 10.0 Å². The molecule has 1 aromatic rings. The standard InChI is InChI=1S/C12H17F3N2O2S/c1-16-6-3-7-17-20(18,19)9-10-4-2-5-11(8-10)12(13,14)15/h2,4-5,8,16-17H,3,6-7,9H2,1H3. The molecule has 0 fully saturated rings. The van der Waals surface area contributed by atoms with Crippen molar-refractivity contribution in [1.82, 2.24) is 10.0 Å². The fourth-order valence-electron chi connectivity index (χ4n) is 1.60. The van der Waals surface area contributed by atoms with Crippen molar-refractivity contribution in [2.75, 3.05) is 20.1 Å². The molecule has 0 spiro atoms. The highest BCUT2D eigenvalue weighted by Crippen LogP contribution is 2.29. The average Bonchev–Trinajstić information content (AvgIpc) is 2.33. The normalized spacial score (nSPS) is 12.6. The van der Waals surface area contributed by atoms with E-state index in [0.717, 1.165) is 12.1 Å². The van der Waals surface area contributed by atoms with E-state index in [2.05, 4.69) is 10.0 Å². The predicted octanol–water partition coefficient (Wildman–Crippen LogP) is 1.73. The maximum atomic E-state index is 12.5. The molecule has 0 aliphatic rings. The molecule has 0 aliphatic heterocycles. The van der Waals surface area contributed by atoms with Crippen molar-refractivity contribution < 1.29 is 21.6 Å². The summed E-state index contributed by atoms with van der Waals surface area (Å²) in [6, 6.07) is 4.33. The Morgan fingerprint density at radius 1 is 1.20 bits per heavy atom. The fourth-order valence-corrected chi connectivity index (χ4v) is 2.78. The molecule has 0 bridgehead atoms. The maximum Gasteiger partial charge on any atom is 0.416 e. The van der Waals surface area contributed by atoms with Gasteiger partial charge < -0.3 is 5.32 Å². The second-order valence-corrected chi connectivity index (χ2v) is 6.12. The summed E-state index contributed by atoms with van der Waals surface area (Å²) in [4.78, 5) is 0. The van der Waals surface area contributed by atoms with Crippen LogP contribution in [0.3, 0.4) is 0 Å². The van der Waals surface area contributed by atoms with E-state index in [1.54, 1.807) is 7.05 Å². The lowest BCUT2D eigenvalue weighted by molar-refractivity contribution is -0.137. The third-order valence-electron chi connectivity index (χ3n) is 2.54. The molecule has 0 saturated heterocycles. The largest absolute Gasteiger partial charge is 0.416 e. The van der Waals surface area contributed by atoms with Crippen LogP contribution < -0.4 is 10.0 Å². The third-order valence-corrected chi connectivity index (χ3v) is 3.89. The molecule has 1 rings (SSSR count). The molecule has 0 radical (unpaired) electrons. The summed E-state index contributed by atoms with van der Waals surface area (Å²) in [6.45, 7) is 0.911. The zero-order chi connectivity index (χ0) is 15.2. The molecule has 0 saturated carbocycles. The molecule has 1 aromatic carbocycles. The number of benzene rings is 1. The minimum absolute atomic E-state index is 0.112. The summed E-state index contributed by atoms with van der Waals surface area (Å²) < 4.78 is 63.3. The van der Waals surface area contributed by atoms with Crippen LogP contribution in [0, 0.1) is 0 Å². The van der Waals surface area contributed by atoms with Crippen molar-refractivity contribution in [3.05, 3.63) is 35.4 Å². The van der Waals surface area contributed by atoms with Crippen LogP contribution in [-0.4, -0.2) is 28.6 Å². The lowest BCUT2D eigenvalue weighted by Gasteiger charge is -2.10. The second kappa shape index (κ2) is 7.05. The number of nitrogens with one attached hydrogen (secondary N) is 2.